The van der Waals surface area contributed by atoms with Gasteiger partial charge in [-0.25, -0.2) is 0 Å². The summed E-state index contributed by atoms with van der Waals surface area (Å²) in [4.78, 5) is 23.0. The maximum absolute atomic E-state index is 14.3. The number of anilines is 1. The Kier molecular flexibility index (Phi) is 6.58. The summed E-state index contributed by atoms with van der Waals surface area (Å²) in [6.07, 6.45) is 4.15. The predicted molar refractivity (Wildman–Crippen MR) is 134 cm³/mol. The Bertz CT molecular complexity index is 995. The van der Waals surface area contributed by atoms with Crippen LogP contribution < -0.4 is 9.64 Å². The van der Waals surface area contributed by atoms with Crippen molar-refractivity contribution in [2.24, 2.45) is 5.16 Å². The van der Waals surface area contributed by atoms with Crippen LogP contribution in [-0.2, 0) is 4.84 Å². The molecule has 2 saturated heterocycles. The largest absolute Gasteiger partial charge is 0.627 e. The predicted octanol–water partition coefficient (Wildman–Crippen LogP) is 3.15. The van der Waals surface area contributed by atoms with Gasteiger partial charge in [-0.15, -0.1) is 0 Å². The lowest BCUT2D eigenvalue weighted by Crippen LogP contribution is -2.73. The standard InChI is InChI=1S/C24H34N5O4S/c1-32-20-8-4-3-7-19(20)27-14-12-26(13-15-27)11-5-10-22-28(30)23-17-24(18-34-23)21(25-33-2)9-6-16-29(22,24)31/h3-4,7-8,17,22H,5-6,9-16,18H2,1-2H3/q+1. The van der Waals surface area contributed by atoms with Crippen molar-refractivity contribution in [3.63, 3.8) is 0 Å². The number of para-hydroxylation sites is 2. The number of hydrogen-bond acceptors (Lipinski definition) is 8. The molecule has 1 aromatic carbocycles. The van der Waals surface area contributed by atoms with Crippen LogP contribution in [0.15, 0.2) is 40.5 Å². The fourth-order valence-corrected chi connectivity index (χ4v) is 7.36. The van der Waals surface area contributed by atoms with E-state index < -0.39 is 16.4 Å². The minimum absolute atomic E-state index is 0.452. The first-order valence-corrected chi connectivity index (χ1v) is 13.1. The Morgan fingerprint density at radius 2 is 2.06 bits per heavy atom. The van der Waals surface area contributed by atoms with E-state index in [1.165, 1.54) is 18.9 Å². The Morgan fingerprint density at radius 3 is 2.82 bits per heavy atom. The molecule has 2 bridgehead atoms. The lowest BCUT2D eigenvalue weighted by Gasteiger charge is -2.56. The molecule has 3 unspecified atom stereocenters. The molecule has 2 fully saturated rings. The molecule has 9 nitrogen and oxygen atoms in total. The molecule has 3 atom stereocenters. The molecule has 4 aliphatic rings. The Hall–Kier alpha value is -2.14. The van der Waals surface area contributed by atoms with Gasteiger partial charge in [0.2, 0.25) is 0 Å². The third-order valence-electron chi connectivity index (χ3n) is 7.79. The van der Waals surface area contributed by atoms with Crippen LogP contribution in [0, 0.1) is 10.1 Å². The first-order valence-electron chi connectivity index (χ1n) is 12.1. The molecule has 0 saturated carbocycles. The van der Waals surface area contributed by atoms with Gasteiger partial charge in [0.25, 0.3) is 5.03 Å². The van der Waals surface area contributed by atoms with Crippen molar-refractivity contribution in [3.05, 3.63) is 45.5 Å². The van der Waals surface area contributed by atoms with Crippen molar-refractivity contribution in [1.29, 1.82) is 0 Å². The summed E-state index contributed by atoms with van der Waals surface area (Å²) >= 11 is 1.49. The van der Waals surface area contributed by atoms with E-state index in [1.807, 2.05) is 24.3 Å². The Labute approximate surface area is 205 Å². The van der Waals surface area contributed by atoms with Gasteiger partial charge in [-0.1, -0.05) is 17.3 Å². The zero-order chi connectivity index (χ0) is 23.8. The molecule has 0 aliphatic carbocycles. The van der Waals surface area contributed by atoms with E-state index in [0.717, 1.165) is 73.9 Å². The van der Waals surface area contributed by atoms with E-state index in [2.05, 4.69) is 21.0 Å². The highest BCUT2D eigenvalue weighted by Gasteiger charge is 2.67. The lowest BCUT2D eigenvalue weighted by atomic mass is 9.83. The lowest BCUT2D eigenvalue weighted by molar-refractivity contribution is -1.02. The van der Waals surface area contributed by atoms with Gasteiger partial charge in [0.1, 0.15) is 18.6 Å². The number of methoxy groups -OCH3 is 1. The van der Waals surface area contributed by atoms with Crippen LogP contribution in [0.4, 0.5) is 5.69 Å². The molecular formula is C24H34N5O4S+. The number of piperidine rings is 1. The smallest absolute Gasteiger partial charge is 0.334 e. The number of piperazine rings is 1. The molecule has 0 amide bonds. The zero-order valence-corrected chi connectivity index (χ0v) is 20.8. The van der Waals surface area contributed by atoms with Gasteiger partial charge >= 0.3 is 6.17 Å². The molecule has 4 heterocycles. The number of ether oxygens (including phenoxy) is 1. The van der Waals surface area contributed by atoms with E-state index in [0.29, 0.717) is 23.7 Å². The van der Waals surface area contributed by atoms with Gasteiger partial charge in [0.15, 0.2) is 5.54 Å². The van der Waals surface area contributed by atoms with Crippen molar-refractivity contribution < 1.29 is 19.0 Å². The third kappa shape index (κ3) is 3.80. The number of hydrogen-bond donors (Lipinski definition) is 0. The first-order chi connectivity index (χ1) is 16.5. The Balaban J connectivity index is 1.21. The number of hydroxylamine groups is 3. The van der Waals surface area contributed by atoms with Crippen LogP contribution >= 0.6 is 11.8 Å². The molecule has 0 radical (unpaired) electrons. The molecule has 184 valence electrons. The van der Waals surface area contributed by atoms with Gasteiger partial charge in [-0.05, 0) is 36.9 Å². The van der Waals surface area contributed by atoms with Crippen LogP contribution in [-0.4, -0.2) is 91.0 Å². The quantitative estimate of drug-likeness (QED) is 0.252. The average Bonchev–Trinajstić information content (AvgIpc) is 3.28. The molecule has 5 rings (SSSR count). The fourth-order valence-electron chi connectivity index (χ4n) is 5.99. The number of oxime groups is 1. The van der Waals surface area contributed by atoms with Gasteiger partial charge in [0, 0.05) is 43.9 Å². The molecule has 10 heteroatoms. The van der Waals surface area contributed by atoms with Crippen LogP contribution in [0.1, 0.15) is 25.7 Å². The van der Waals surface area contributed by atoms with Crippen molar-refractivity contribution in [3.8, 4) is 5.75 Å². The second-order valence-electron chi connectivity index (χ2n) is 9.49. The topological polar surface area (TPSA) is 80.4 Å². The van der Waals surface area contributed by atoms with Gasteiger partial charge < -0.3 is 19.7 Å². The van der Waals surface area contributed by atoms with Gasteiger partial charge in [0.05, 0.1) is 42.4 Å². The monoisotopic (exact) mass is 488 g/mol. The average molecular weight is 489 g/mol. The maximum Gasteiger partial charge on any atom is 0.334 e. The number of benzene rings is 1. The van der Waals surface area contributed by atoms with Gasteiger partial charge in [-0.2, -0.15) is 0 Å². The van der Waals surface area contributed by atoms with E-state index in [4.69, 9.17) is 9.57 Å². The zero-order valence-electron chi connectivity index (χ0n) is 20.0. The molecule has 0 aromatic heterocycles. The molecule has 34 heavy (non-hydrogen) atoms. The van der Waals surface area contributed by atoms with Crippen LogP contribution in [0.2, 0.25) is 0 Å². The number of quaternary nitrogens is 1. The Morgan fingerprint density at radius 1 is 1.26 bits per heavy atom. The normalized spacial score (nSPS) is 32.5. The summed E-state index contributed by atoms with van der Waals surface area (Å²) in [7, 11) is 3.24. The van der Waals surface area contributed by atoms with Crippen LogP contribution in [0.3, 0.4) is 0 Å². The molecule has 1 spiro atoms. The van der Waals surface area contributed by atoms with E-state index in [1.54, 1.807) is 7.11 Å². The maximum atomic E-state index is 14.3. The number of rotatable bonds is 7. The number of thioether (sulfide) groups is 1. The summed E-state index contributed by atoms with van der Waals surface area (Å²) < 4.78 is 6.00. The highest BCUT2D eigenvalue weighted by atomic mass is 32.2. The third-order valence-corrected chi connectivity index (χ3v) is 8.97. The number of nitroso groups, excluding NO2 is 1. The minimum Gasteiger partial charge on any atom is -0.627 e. The fraction of sp³-hybridized carbons (Fsp3) is 0.625. The summed E-state index contributed by atoms with van der Waals surface area (Å²) in [5.74, 6) is 1.48. The van der Waals surface area contributed by atoms with Crippen LogP contribution in [0.25, 0.3) is 0 Å². The summed E-state index contributed by atoms with van der Waals surface area (Å²) in [5, 5.41) is 19.2. The van der Waals surface area contributed by atoms with Crippen LogP contribution in [0.5, 0.6) is 5.75 Å². The second-order valence-corrected chi connectivity index (χ2v) is 10.5. The first kappa shape index (κ1) is 23.6. The van der Waals surface area contributed by atoms with E-state index in [-0.39, 0.29) is 0 Å². The molecule has 0 N–H and O–H groups in total. The molecular weight excluding hydrogens is 454 g/mol. The highest BCUT2D eigenvalue weighted by molar-refractivity contribution is 8.03. The molecule has 1 aromatic rings. The number of nitrogens with zero attached hydrogens (tertiary/aromatic N) is 5. The van der Waals surface area contributed by atoms with E-state index in [9.17, 15) is 10.1 Å². The van der Waals surface area contributed by atoms with Gasteiger partial charge in [-0.3, -0.25) is 9.55 Å². The van der Waals surface area contributed by atoms with E-state index >= 15 is 0 Å². The second kappa shape index (κ2) is 9.49. The van der Waals surface area contributed by atoms with Crippen molar-refractivity contribution in [2.45, 2.75) is 37.4 Å². The highest BCUT2D eigenvalue weighted by Crippen LogP contribution is 2.51. The summed E-state index contributed by atoms with van der Waals surface area (Å²) in [6.45, 7) is 5.12. The minimum atomic E-state index is -0.750. The van der Waals surface area contributed by atoms with Crippen molar-refractivity contribution in [2.75, 3.05) is 64.1 Å². The molecule has 4 aliphatic heterocycles. The summed E-state index contributed by atoms with van der Waals surface area (Å²) in [5.41, 5.74) is 1.18. The van der Waals surface area contributed by atoms with Crippen molar-refractivity contribution >= 4 is 23.2 Å². The van der Waals surface area contributed by atoms with Crippen molar-refractivity contribution in [1.82, 2.24) is 4.90 Å². The SMILES string of the molecule is CON=C1CCC[N+]2([O-])C(CCCN3CCN(c4ccccc4OC)CC3)[N+](=O)C3=CC12CS3. The summed E-state index contributed by atoms with van der Waals surface area (Å²) in [6, 6.07) is 8.14.